The SMILES string of the molecule is Cc1ncoc1C(=O)N[C@@H](CCc1ccccc1)C(=O)O. The van der Waals surface area contributed by atoms with Crippen LogP contribution in [-0.4, -0.2) is 28.0 Å². The Morgan fingerprint density at radius 3 is 2.62 bits per heavy atom. The van der Waals surface area contributed by atoms with E-state index in [9.17, 15) is 14.7 Å². The van der Waals surface area contributed by atoms with Crippen molar-refractivity contribution in [1.82, 2.24) is 10.3 Å². The second-order valence-electron chi connectivity index (χ2n) is 4.66. The van der Waals surface area contributed by atoms with Crippen molar-refractivity contribution in [3.05, 3.63) is 53.7 Å². The average Bonchev–Trinajstić information content (AvgIpc) is 2.90. The first-order valence-electron chi connectivity index (χ1n) is 6.55. The van der Waals surface area contributed by atoms with Gasteiger partial charge in [-0.1, -0.05) is 30.3 Å². The van der Waals surface area contributed by atoms with Crippen LogP contribution in [0.5, 0.6) is 0 Å². The molecule has 0 fully saturated rings. The minimum absolute atomic E-state index is 0.0426. The summed E-state index contributed by atoms with van der Waals surface area (Å²) in [6.45, 7) is 1.62. The van der Waals surface area contributed by atoms with Crippen molar-refractivity contribution < 1.29 is 19.1 Å². The van der Waals surface area contributed by atoms with E-state index in [0.29, 0.717) is 18.5 Å². The van der Waals surface area contributed by atoms with Gasteiger partial charge in [0.25, 0.3) is 5.91 Å². The molecular weight excluding hydrogens is 272 g/mol. The summed E-state index contributed by atoms with van der Waals surface area (Å²) in [6, 6.07) is 8.54. The summed E-state index contributed by atoms with van der Waals surface area (Å²) in [5, 5.41) is 11.7. The van der Waals surface area contributed by atoms with Gasteiger partial charge in [-0.2, -0.15) is 0 Å². The summed E-state index contributed by atoms with van der Waals surface area (Å²) in [4.78, 5) is 27.0. The van der Waals surface area contributed by atoms with Crippen LogP contribution in [0, 0.1) is 6.92 Å². The molecule has 0 unspecified atom stereocenters. The third-order valence-electron chi connectivity index (χ3n) is 3.12. The van der Waals surface area contributed by atoms with E-state index in [2.05, 4.69) is 10.3 Å². The maximum absolute atomic E-state index is 11.9. The minimum atomic E-state index is -1.07. The Labute approximate surface area is 121 Å². The first-order valence-corrected chi connectivity index (χ1v) is 6.55. The molecule has 6 heteroatoms. The number of hydrogen-bond acceptors (Lipinski definition) is 4. The molecule has 1 aromatic heterocycles. The summed E-state index contributed by atoms with van der Waals surface area (Å²) in [5.41, 5.74) is 1.45. The van der Waals surface area contributed by atoms with Crippen LogP contribution < -0.4 is 5.32 Å². The van der Waals surface area contributed by atoms with Crippen molar-refractivity contribution in [3.63, 3.8) is 0 Å². The maximum atomic E-state index is 11.9. The molecule has 6 nitrogen and oxygen atoms in total. The number of amides is 1. The Morgan fingerprint density at radius 1 is 1.33 bits per heavy atom. The number of carbonyl (C=O) groups is 2. The van der Waals surface area contributed by atoms with Gasteiger partial charge in [0.1, 0.15) is 6.04 Å². The highest BCUT2D eigenvalue weighted by molar-refractivity contribution is 5.94. The lowest BCUT2D eigenvalue weighted by molar-refractivity contribution is -0.139. The van der Waals surface area contributed by atoms with E-state index in [1.165, 1.54) is 0 Å². The van der Waals surface area contributed by atoms with Crippen molar-refractivity contribution in [2.45, 2.75) is 25.8 Å². The maximum Gasteiger partial charge on any atom is 0.326 e. The molecule has 0 aliphatic heterocycles. The molecule has 21 heavy (non-hydrogen) atoms. The van der Waals surface area contributed by atoms with E-state index in [0.717, 1.165) is 12.0 Å². The quantitative estimate of drug-likeness (QED) is 0.845. The van der Waals surface area contributed by atoms with Gasteiger partial charge in [0.2, 0.25) is 5.76 Å². The van der Waals surface area contributed by atoms with E-state index in [1.807, 2.05) is 30.3 Å². The molecular formula is C15H16N2O4. The molecule has 1 heterocycles. The first kappa shape index (κ1) is 14.8. The summed E-state index contributed by atoms with van der Waals surface area (Å²) in [7, 11) is 0. The Morgan fingerprint density at radius 2 is 2.05 bits per heavy atom. The topological polar surface area (TPSA) is 92.4 Å². The van der Waals surface area contributed by atoms with Gasteiger partial charge in [-0.15, -0.1) is 0 Å². The van der Waals surface area contributed by atoms with Crippen LogP contribution in [0.1, 0.15) is 28.2 Å². The lowest BCUT2D eigenvalue weighted by Crippen LogP contribution is -2.41. The van der Waals surface area contributed by atoms with Crippen LogP contribution in [0.2, 0.25) is 0 Å². The van der Waals surface area contributed by atoms with Crippen LogP contribution in [0.3, 0.4) is 0 Å². The number of carboxylic acids is 1. The molecule has 1 aromatic carbocycles. The van der Waals surface area contributed by atoms with Gasteiger partial charge in [-0.25, -0.2) is 9.78 Å². The number of nitrogens with zero attached hydrogens (tertiary/aromatic N) is 1. The van der Waals surface area contributed by atoms with E-state index in [-0.39, 0.29) is 5.76 Å². The molecule has 0 aliphatic carbocycles. The molecule has 0 aliphatic rings. The molecule has 1 amide bonds. The fourth-order valence-electron chi connectivity index (χ4n) is 1.96. The number of carbonyl (C=O) groups excluding carboxylic acids is 1. The van der Waals surface area contributed by atoms with Crippen molar-refractivity contribution >= 4 is 11.9 Å². The van der Waals surface area contributed by atoms with Gasteiger partial charge in [0.15, 0.2) is 6.39 Å². The number of nitrogens with one attached hydrogen (secondary N) is 1. The molecule has 0 radical (unpaired) electrons. The molecule has 0 bridgehead atoms. The van der Waals surface area contributed by atoms with E-state index < -0.39 is 17.9 Å². The van der Waals surface area contributed by atoms with E-state index in [4.69, 9.17) is 4.42 Å². The summed E-state index contributed by atoms with van der Waals surface area (Å²) < 4.78 is 4.95. The largest absolute Gasteiger partial charge is 0.480 e. The van der Waals surface area contributed by atoms with Crippen LogP contribution in [-0.2, 0) is 11.2 Å². The molecule has 2 rings (SSSR count). The number of benzene rings is 1. The third-order valence-corrected chi connectivity index (χ3v) is 3.12. The van der Waals surface area contributed by atoms with Crippen LogP contribution in [0.4, 0.5) is 0 Å². The first-order chi connectivity index (χ1) is 10.1. The van der Waals surface area contributed by atoms with Crippen LogP contribution in [0.25, 0.3) is 0 Å². The fraction of sp³-hybridized carbons (Fsp3) is 0.267. The van der Waals surface area contributed by atoms with Crippen LogP contribution >= 0.6 is 0 Å². The number of aromatic nitrogens is 1. The minimum Gasteiger partial charge on any atom is -0.480 e. The molecule has 0 spiro atoms. The lowest BCUT2D eigenvalue weighted by Gasteiger charge is -2.13. The number of carboxylic acid groups (broad SMARTS) is 1. The highest BCUT2D eigenvalue weighted by Crippen LogP contribution is 2.08. The van der Waals surface area contributed by atoms with E-state index in [1.54, 1.807) is 6.92 Å². The monoisotopic (exact) mass is 288 g/mol. The molecule has 1 atom stereocenters. The Balaban J connectivity index is 1.98. The lowest BCUT2D eigenvalue weighted by atomic mass is 10.1. The number of rotatable bonds is 6. The zero-order valence-corrected chi connectivity index (χ0v) is 11.6. The Hall–Kier alpha value is -2.63. The summed E-state index contributed by atoms with van der Waals surface area (Å²) in [6.07, 6.45) is 2.02. The highest BCUT2D eigenvalue weighted by atomic mass is 16.4. The summed E-state index contributed by atoms with van der Waals surface area (Å²) >= 11 is 0. The summed E-state index contributed by atoms with van der Waals surface area (Å²) in [5.74, 6) is -1.59. The zero-order chi connectivity index (χ0) is 15.2. The predicted molar refractivity (Wildman–Crippen MR) is 74.9 cm³/mol. The smallest absolute Gasteiger partial charge is 0.326 e. The zero-order valence-electron chi connectivity index (χ0n) is 11.6. The van der Waals surface area contributed by atoms with Gasteiger partial charge in [0.05, 0.1) is 5.69 Å². The molecule has 0 saturated heterocycles. The van der Waals surface area contributed by atoms with Gasteiger partial charge >= 0.3 is 5.97 Å². The molecule has 2 aromatic rings. The predicted octanol–water partition coefficient (Wildman–Crippen LogP) is 1.80. The van der Waals surface area contributed by atoms with Gasteiger partial charge in [-0.05, 0) is 25.3 Å². The number of hydrogen-bond donors (Lipinski definition) is 2. The van der Waals surface area contributed by atoms with Gasteiger partial charge in [0, 0.05) is 0 Å². The molecule has 0 saturated carbocycles. The number of aliphatic carboxylic acids is 1. The van der Waals surface area contributed by atoms with E-state index >= 15 is 0 Å². The third kappa shape index (κ3) is 3.92. The van der Waals surface area contributed by atoms with Gasteiger partial charge < -0.3 is 14.8 Å². The molecule has 2 N–H and O–H groups in total. The number of aryl methyl sites for hydroxylation is 2. The van der Waals surface area contributed by atoms with Crippen molar-refractivity contribution in [2.24, 2.45) is 0 Å². The fourth-order valence-corrected chi connectivity index (χ4v) is 1.96. The van der Waals surface area contributed by atoms with Crippen molar-refractivity contribution in [1.29, 1.82) is 0 Å². The molecule has 110 valence electrons. The Bertz CT molecular complexity index is 622. The second kappa shape index (κ2) is 6.69. The van der Waals surface area contributed by atoms with Crippen molar-refractivity contribution in [3.8, 4) is 0 Å². The Kier molecular flexibility index (Phi) is 4.71. The number of oxazole rings is 1. The normalized spacial score (nSPS) is 11.9. The highest BCUT2D eigenvalue weighted by Gasteiger charge is 2.23. The second-order valence-corrected chi connectivity index (χ2v) is 4.66. The van der Waals surface area contributed by atoms with Crippen LogP contribution in [0.15, 0.2) is 41.1 Å². The van der Waals surface area contributed by atoms with Gasteiger partial charge in [-0.3, -0.25) is 4.79 Å². The van der Waals surface area contributed by atoms with Crippen molar-refractivity contribution in [2.75, 3.05) is 0 Å². The average molecular weight is 288 g/mol. The standard InChI is InChI=1S/C15H16N2O4/c1-10-13(21-9-16-10)14(18)17-12(15(19)20)8-7-11-5-3-2-4-6-11/h2-6,9,12H,7-8H2,1H3,(H,17,18)(H,19,20)/t12-/m0/s1.